The van der Waals surface area contributed by atoms with Crippen molar-refractivity contribution in [3.63, 3.8) is 0 Å². The smallest absolute Gasteiger partial charge is 0.263 e. The molecule has 0 spiro atoms. The molecule has 0 aliphatic rings. The molecule has 250 valence electrons. The lowest BCUT2D eigenvalue weighted by molar-refractivity contribution is 0.763. The normalized spacial score (nSPS) is 11.2. The van der Waals surface area contributed by atoms with Crippen LogP contribution in [-0.2, 0) is 19.4 Å². The Balaban J connectivity index is 0.000000339. The maximum Gasteiger partial charge on any atom is 0.263 e. The number of nitrogens with one attached hydrogen (secondary N) is 1. The van der Waals surface area contributed by atoms with Gasteiger partial charge in [-0.3, -0.25) is 19.3 Å². The minimum Gasteiger partial charge on any atom is -0.316 e. The lowest BCUT2D eigenvalue weighted by Gasteiger charge is -2.12. The molecule has 0 fully saturated rings. The minimum absolute atomic E-state index is 0.108. The van der Waals surface area contributed by atoms with E-state index in [0.29, 0.717) is 23.6 Å². The molecule has 2 aromatic heterocycles. The molecule has 47 heavy (non-hydrogen) atoms. The first kappa shape index (κ1) is 38.8. The summed E-state index contributed by atoms with van der Waals surface area (Å²) < 4.78 is 1.65. The number of hydrogen-bond acceptors (Lipinski definition) is 5. The summed E-state index contributed by atoms with van der Waals surface area (Å²) in [5.41, 5.74) is 8.04. The van der Waals surface area contributed by atoms with Crippen LogP contribution in [0.25, 0.3) is 17.5 Å². The van der Waals surface area contributed by atoms with Crippen LogP contribution in [-0.4, -0.2) is 33.8 Å². The summed E-state index contributed by atoms with van der Waals surface area (Å²) in [6, 6.07) is 19.9. The maximum absolute atomic E-state index is 13.2. The quantitative estimate of drug-likeness (QED) is 0.118. The second kappa shape index (κ2) is 22.2. The predicted octanol–water partition coefficient (Wildman–Crippen LogP) is 9.65. The summed E-state index contributed by atoms with van der Waals surface area (Å²) >= 11 is 0. The predicted molar refractivity (Wildman–Crippen MR) is 203 cm³/mol. The Hall–Kier alpha value is -4.42. The molecule has 2 heterocycles. The molecular formula is C41H55N5O. The number of benzene rings is 2. The molecule has 0 saturated carbocycles. The number of para-hydroxylation sites is 1. The van der Waals surface area contributed by atoms with E-state index >= 15 is 0 Å². The molecule has 6 nitrogen and oxygen atoms in total. The second-order valence-electron chi connectivity index (χ2n) is 11.5. The highest BCUT2D eigenvalue weighted by Crippen LogP contribution is 2.22. The van der Waals surface area contributed by atoms with Crippen molar-refractivity contribution < 1.29 is 0 Å². The molecule has 0 saturated heterocycles. The van der Waals surface area contributed by atoms with Crippen LogP contribution >= 0.6 is 0 Å². The van der Waals surface area contributed by atoms with E-state index in [-0.39, 0.29) is 5.56 Å². The Morgan fingerprint density at radius 3 is 2.17 bits per heavy atom. The monoisotopic (exact) mass is 633 g/mol. The summed E-state index contributed by atoms with van der Waals surface area (Å²) in [4.78, 5) is 26.7. The molecular weight excluding hydrogens is 578 g/mol. The zero-order valence-electron chi connectivity index (χ0n) is 29.7. The van der Waals surface area contributed by atoms with E-state index in [0.717, 1.165) is 37.1 Å². The first-order valence-electron chi connectivity index (χ1n) is 17.0. The molecule has 0 unspecified atom stereocenters. The fraction of sp³-hybridized carbons (Fsp3) is 0.366. The van der Waals surface area contributed by atoms with Crippen molar-refractivity contribution in [2.45, 2.75) is 86.6 Å². The van der Waals surface area contributed by atoms with Crippen LogP contribution in [0.2, 0.25) is 0 Å². The highest BCUT2D eigenvalue weighted by Gasteiger charge is 2.13. The first-order chi connectivity index (χ1) is 22.8. The maximum atomic E-state index is 13.2. The van der Waals surface area contributed by atoms with Crippen LogP contribution < -0.4 is 10.9 Å². The SMILES string of the molecule is C=CCn1c(-c2ccccc2)ncc(C(C)=Nc2ccccc2CCC)c1=O.CCCC.CCCc1ccncc1/C=C(\C)CNC. The Labute approximate surface area is 283 Å². The molecule has 0 atom stereocenters. The number of rotatable bonds is 13. The van der Waals surface area contributed by atoms with Gasteiger partial charge in [0, 0.05) is 37.2 Å². The molecule has 1 N–H and O–H groups in total. The Bertz CT molecular complexity index is 1620. The van der Waals surface area contributed by atoms with Crippen LogP contribution in [0.1, 0.15) is 89.5 Å². The van der Waals surface area contributed by atoms with Gasteiger partial charge in [0.25, 0.3) is 5.56 Å². The number of hydrogen-bond donors (Lipinski definition) is 1. The number of aryl methyl sites for hydroxylation is 2. The van der Waals surface area contributed by atoms with Crippen molar-refractivity contribution in [1.29, 1.82) is 0 Å². The van der Waals surface area contributed by atoms with Crippen molar-refractivity contribution in [2.24, 2.45) is 4.99 Å². The third-order valence-corrected chi connectivity index (χ3v) is 7.40. The number of aliphatic imine (C=N–C) groups is 1. The van der Waals surface area contributed by atoms with Gasteiger partial charge in [-0.2, -0.15) is 0 Å². The molecule has 0 radical (unpaired) electrons. The number of unbranched alkanes of at least 4 members (excludes halogenated alkanes) is 1. The first-order valence-corrected chi connectivity index (χ1v) is 17.0. The van der Waals surface area contributed by atoms with Gasteiger partial charge in [0.2, 0.25) is 0 Å². The molecule has 4 rings (SSSR count). The van der Waals surface area contributed by atoms with Crippen LogP contribution in [0.5, 0.6) is 0 Å². The molecule has 0 aliphatic carbocycles. The number of likely N-dealkylation sites (N-methyl/N-ethyl adjacent to an activating group) is 1. The Morgan fingerprint density at radius 2 is 1.53 bits per heavy atom. The molecule has 6 heteroatoms. The second-order valence-corrected chi connectivity index (χ2v) is 11.5. The van der Waals surface area contributed by atoms with Crippen LogP contribution in [0.15, 0.2) is 107 Å². The van der Waals surface area contributed by atoms with Gasteiger partial charge < -0.3 is 5.32 Å². The van der Waals surface area contributed by atoms with E-state index in [4.69, 9.17) is 4.99 Å². The highest BCUT2D eigenvalue weighted by atomic mass is 16.1. The lowest BCUT2D eigenvalue weighted by Crippen LogP contribution is -2.28. The molecule has 0 bridgehead atoms. The number of allylic oxidation sites excluding steroid dienone is 1. The van der Waals surface area contributed by atoms with E-state index in [1.807, 2.05) is 74.9 Å². The zero-order chi connectivity index (χ0) is 34.4. The van der Waals surface area contributed by atoms with Crippen molar-refractivity contribution in [3.05, 3.63) is 130 Å². The van der Waals surface area contributed by atoms with E-state index in [9.17, 15) is 4.79 Å². The van der Waals surface area contributed by atoms with Crippen molar-refractivity contribution in [1.82, 2.24) is 19.9 Å². The summed E-state index contributed by atoms with van der Waals surface area (Å²) in [6.07, 6.45) is 16.3. The standard InChI is InChI=1S/C24H25N3O.C13H20N2.C4H10/c1-4-11-19-12-9-10-15-22(19)26-18(3)21-17-25-23(20-13-7-6-8-14-20)27(16-5-2)24(21)28;1-4-5-12-6-7-15-10-13(12)8-11(2)9-14-3;1-3-4-2/h5-10,12-15,17H,2,4,11,16H2,1,3H3;6-8,10,14H,4-5,9H2,1-3H3;3-4H2,1-2H3/b;11-8+;. The van der Waals surface area contributed by atoms with Gasteiger partial charge >= 0.3 is 0 Å². The van der Waals surface area contributed by atoms with E-state index < -0.39 is 0 Å². The average Bonchev–Trinajstić information content (AvgIpc) is 3.08. The van der Waals surface area contributed by atoms with Gasteiger partial charge in [-0.1, -0.05) is 120 Å². The highest BCUT2D eigenvalue weighted by molar-refractivity contribution is 6.00. The van der Waals surface area contributed by atoms with E-state index in [2.05, 4.69) is 74.7 Å². The minimum atomic E-state index is -0.108. The average molecular weight is 634 g/mol. The van der Waals surface area contributed by atoms with E-state index in [1.54, 1.807) is 16.8 Å². The molecule has 0 aliphatic heterocycles. The van der Waals surface area contributed by atoms with Gasteiger partial charge in [-0.05, 0) is 62.6 Å². The topological polar surface area (TPSA) is 72.2 Å². The Morgan fingerprint density at radius 1 is 0.872 bits per heavy atom. The number of pyridine rings is 1. The third-order valence-electron chi connectivity index (χ3n) is 7.40. The summed E-state index contributed by atoms with van der Waals surface area (Å²) in [5.74, 6) is 0.633. The molecule has 0 amide bonds. The third kappa shape index (κ3) is 12.7. The van der Waals surface area contributed by atoms with Crippen LogP contribution in [0.4, 0.5) is 5.69 Å². The van der Waals surface area contributed by atoms with Gasteiger partial charge in [-0.15, -0.1) is 6.58 Å². The van der Waals surface area contributed by atoms with E-state index in [1.165, 1.54) is 41.5 Å². The van der Waals surface area contributed by atoms with Crippen LogP contribution in [0, 0.1) is 0 Å². The van der Waals surface area contributed by atoms with Crippen molar-refractivity contribution in [3.8, 4) is 11.4 Å². The summed E-state index contributed by atoms with van der Waals surface area (Å²) in [6.45, 7) is 17.8. The van der Waals surface area contributed by atoms with Crippen molar-refractivity contribution in [2.75, 3.05) is 13.6 Å². The summed E-state index contributed by atoms with van der Waals surface area (Å²) in [7, 11) is 1.97. The van der Waals surface area contributed by atoms with Gasteiger partial charge in [0.15, 0.2) is 0 Å². The largest absolute Gasteiger partial charge is 0.316 e. The van der Waals surface area contributed by atoms with Crippen molar-refractivity contribution >= 4 is 17.5 Å². The van der Waals surface area contributed by atoms with Gasteiger partial charge in [0.05, 0.1) is 17.0 Å². The molecule has 4 aromatic rings. The zero-order valence-corrected chi connectivity index (χ0v) is 29.7. The fourth-order valence-corrected chi connectivity index (χ4v) is 4.86. The van der Waals surface area contributed by atoms with Gasteiger partial charge in [0.1, 0.15) is 5.82 Å². The number of aromatic nitrogens is 3. The van der Waals surface area contributed by atoms with Gasteiger partial charge in [-0.25, -0.2) is 4.98 Å². The summed E-state index contributed by atoms with van der Waals surface area (Å²) in [5, 5.41) is 3.15. The fourth-order valence-electron chi connectivity index (χ4n) is 4.86. The molecule has 2 aromatic carbocycles. The van der Waals surface area contributed by atoms with Crippen LogP contribution in [0.3, 0.4) is 0 Å². The Kier molecular flexibility index (Phi) is 18.3. The lowest BCUT2D eigenvalue weighted by atomic mass is 10.0. The number of nitrogens with zero attached hydrogens (tertiary/aromatic N) is 4.